The molecule has 1 fully saturated rings. The van der Waals surface area contributed by atoms with Gasteiger partial charge in [0.05, 0.1) is 0 Å². The third-order valence-electron chi connectivity index (χ3n) is 3.49. The average molecular weight is 316 g/mol. The molecule has 0 saturated carbocycles. The van der Waals surface area contributed by atoms with Crippen LogP contribution in [0.5, 0.6) is 5.75 Å². The van der Waals surface area contributed by atoms with E-state index in [1.54, 1.807) is 12.1 Å². The van der Waals surface area contributed by atoms with E-state index in [0.717, 1.165) is 24.9 Å². The number of benzene rings is 1. The molecule has 0 bridgehead atoms. The summed E-state index contributed by atoms with van der Waals surface area (Å²) >= 11 is 0. The van der Waals surface area contributed by atoms with Crippen LogP contribution in [0, 0.1) is 0 Å². The molecule has 0 aliphatic carbocycles. The van der Waals surface area contributed by atoms with Crippen molar-refractivity contribution in [2.45, 2.75) is 38.1 Å². The molecule has 0 radical (unpaired) electrons. The van der Waals surface area contributed by atoms with Gasteiger partial charge >= 0.3 is 6.36 Å². The van der Waals surface area contributed by atoms with Crippen LogP contribution < -0.4 is 15.4 Å². The van der Waals surface area contributed by atoms with E-state index in [1.807, 2.05) is 0 Å². The van der Waals surface area contributed by atoms with Gasteiger partial charge in [0.15, 0.2) is 0 Å². The first-order valence-electron chi connectivity index (χ1n) is 7.27. The van der Waals surface area contributed by atoms with E-state index in [-0.39, 0.29) is 17.7 Å². The van der Waals surface area contributed by atoms with Crippen molar-refractivity contribution in [3.63, 3.8) is 0 Å². The minimum absolute atomic E-state index is 0.00331. The van der Waals surface area contributed by atoms with Crippen molar-refractivity contribution in [1.82, 2.24) is 10.6 Å². The molecule has 1 unspecified atom stereocenters. The molecule has 1 atom stereocenters. The quantitative estimate of drug-likeness (QED) is 0.847. The molecule has 2 rings (SSSR count). The lowest BCUT2D eigenvalue weighted by atomic mass is 10.1. The molecule has 122 valence electrons. The highest BCUT2D eigenvalue weighted by Crippen LogP contribution is 2.22. The molecule has 0 spiro atoms. The molecule has 7 heteroatoms. The number of halogens is 3. The summed E-state index contributed by atoms with van der Waals surface area (Å²) in [5.41, 5.74) is 0.841. The van der Waals surface area contributed by atoms with Crippen LogP contribution in [0.4, 0.5) is 13.2 Å². The molecule has 0 aromatic heterocycles. The molecular weight excluding hydrogens is 297 g/mol. The summed E-state index contributed by atoms with van der Waals surface area (Å²) < 4.78 is 39.9. The van der Waals surface area contributed by atoms with Crippen molar-refractivity contribution in [3.8, 4) is 5.75 Å². The second kappa shape index (κ2) is 7.49. The standard InChI is InChI=1S/C15H19F3N2O2/c16-15(17,18)22-13-5-3-11(4-6-13)7-9-20-14(21)10-12-2-1-8-19-12/h3-6,12,19H,1-2,7-10H2,(H,20,21). The Morgan fingerprint density at radius 1 is 1.32 bits per heavy atom. The normalized spacial score (nSPS) is 18.2. The Morgan fingerprint density at radius 3 is 2.64 bits per heavy atom. The lowest BCUT2D eigenvalue weighted by Gasteiger charge is -2.11. The molecule has 1 aromatic rings. The van der Waals surface area contributed by atoms with Gasteiger partial charge in [0.2, 0.25) is 5.91 Å². The van der Waals surface area contributed by atoms with Crippen molar-refractivity contribution >= 4 is 5.91 Å². The number of rotatable bonds is 6. The van der Waals surface area contributed by atoms with Crippen molar-refractivity contribution in [1.29, 1.82) is 0 Å². The first kappa shape index (κ1) is 16.6. The van der Waals surface area contributed by atoms with E-state index < -0.39 is 6.36 Å². The predicted octanol–water partition coefficient (Wildman–Crippen LogP) is 2.39. The smallest absolute Gasteiger partial charge is 0.406 e. The van der Waals surface area contributed by atoms with Crippen molar-refractivity contribution in [2.75, 3.05) is 13.1 Å². The summed E-state index contributed by atoms with van der Waals surface area (Å²) in [7, 11) is 0. The third-order valence-corrected chi connectivity index (χ3v) is 3.49. The maximum Gasteiger partial charge on any atom is 0.573 e. The number of hydrogen-bond acceptors (Lipinski definition) is 3. The van der Waals surface area contributed by atoms with E-state index in [0.29, 0.717) is 19.4 Å². The minimum atomic E-state index is -4.68. The van der Waals surface area contributed by atoms with Crippen LogP contribution in [0.2, 0.25) is 0 Å². The Bertz CT molecular complexity index is 483. The van der Waals surface area contributed by atoms with Crippen LogP contribution in [0.3, 0.4) is 0 Å². The lowest BCUT2D eigenvalue weighted by molar-refractivity contribution is -0.274. The molecular formula is C15H19F3N2O2. The van der Waals surface area contributed by atoms with Gasteiger partial charge in [-0.3, -0.25) is 4.79 Å². The largest absolute Gasteiger partial charge is 0.573 e. The number of alkyl halides is 3. The van der Waals surface area contributed by atoms with Gasteiger partial charge < -0.3 is 15.4 Å². The number of nitrogens with one attached hydrogen (secondary N) is 2. The van der Waals surface area contributed by atoms with E-state index >= 15 is 0 Å². The van der Waals surface area contributed by atoms with Gasteiger partial charge in [0.1, 0.15) is 5.75 Å². The number of carbonyl (C=O) groups excluding carboxylic acids is 1. The summed E-state index contributed by atoms with van der Waals surface area (Å²) in [5, 5.41) is 6.07. The van der Waals surface area contributed by atoms with E-state index in [2.05, 4.69) is 15.4 Å². The number of hydrogen-bond donors (Lipinski definition) is 2. The van der Waals surface area contributed by atoms with Crippen LogP contribution >= 0.6 is 0 Å². The second-order valence-electron chi connectivity index (χ2n) is 5.29. The molecule has 1 aliphatic heterocycles. The zero-order chi connectivity index (χ0) is 16.0. The minimum Gasteiger partial charge on any atom is -0.406 e. The Kier molecular flexibility index (Phi) is 5.65. The molecule has 1 heterocycles. The fourth-order valence-corrected chi connectivity index (χ4v) is 2.43. The van der Waals surface area contributed by atoms with Crippen LogP contribution in [0.1, 0.15) is 24.8 Å². The first-order valence-corrected chi connectivity index (χ1v) is 7.27. The van der Waals surface area contributed by atoms with Crippen molar-refractivity contribution in [2.24, 2.45) is 0 Å². The van der Waals surface area contributed by atoms with Gasteiger partial charge in [0, 0.05) is 19.0 Å². The van der Waals surface area contributed by atoms with Crippen LogP contribution in [-0.2, 0) is 11.2 Å². The first-order chi connectivity index (χ1) is 10.4. The number of amides is 1. The monoisotopic (exact) mass is 316 g/mol. The molecule has 1 aliphatic rings. The predicted molar refractivity (Wildman–Crippen MR) is 75.5 cm³/mol. The summed E-state index contributed by atoms with van der Waals surface area (Å²) in [5.74, 6) is -0.246. The average Bonchev–Trinajstić information content (AvgIpc) is 2.92. The topological polar surface area (TPSA) is 50.4 Å². The highest BCUT2D eigenvalue weighted by molar-refractivity contribution is 5.76. The second-order valence-corrected chi connectivity index (χ2v) is 5.29. The Balaban J connectivity index is 1.69. The SMILES string of the molecule is O=C(CC1CCCN1)NCCc1ccc(OC(F)(F)F)cc1. The van der Waals surface area contributed by atoms with E-state index in [1.165, 1.54) is 12.1 Å². The molecule has 22 heavy (non-hydrogen) atoms. The Labute approximate surface area is 127 Å². The maximum absolute atomic E-state index is 12.0. The zero-order valence-electron chi connectivity index (χ0n) is 12.1. The van der Waals surface area contributed by atoms with Crippen LogP contribution in [0.25, 0.3) is 0 Å². The molecule has 1 amide bonds. The fraction of sp³-hybridized carbons (Fsp3) is 0.533. The fourth-order valence-electron chi connectivity index (χ4n) is 2.43. The van der Waals surface area contributed by atoms with Gasteiger partial charge in [-0.2, -0.15) is 0 Å². The van der Waals surface area contributed by atoms with Gasteiger partial charge in [-0.1, -0.05) is 12.1 Å². The van der Waals surface area contributed by atoms with Gasteiger partial charge in [0.25, 0.3) is 0 Å². The van der Waals surface area contributed by atoms with Crippen LogP contribution in [-0.4, -0.2) is 31.4 Å². The lowest BCUT2D eigenvalue weighted by Crippen LogP contribution is -2.32. The third kappa shape index (κ3) is 5.93. The summed E-state index contributed by atoms with van der Waals surface area (Å²) in [6.07, 6.45) is -1.52. The van der Waals surface area contributed by atoms with Gasteiger partial charge in [-0.15, -0.1) is 13.2 Å². The molecule has 4 nitrogen and oxygen atoms in total. The van der Waals surface area contributed by atoms with Crippen molar-refractivity contribution in [3.05, 3.63) is 29.8 Å². The Morgan fingerprint density at radius 2 is 2.05 bits per heavy atom. The van der Waals surface area contributed by atoms with Gasteiger partial charge in [-0.05, 0) is 43.5 Å². The zero-order valence-corrected chi connectivity index (χ0v) is 12.1. The van der Waals surface area contributed by atoms with E-state index in [9.17, 15) is 18.0 Å². The highest BCUT2D eigenvalue weighted by Gasteiger charge is 2.30. The van der Waals surface area contributed by atoms with Crippen molar-refractivity contribution < 1.29 is 22.7 Å². The summed E-state index contributed by atoms with van der Waals surface area (Å²) in [4.78, 5) is 11.7. The molecule has 1 aromatic carbocycles. The number of carbonyl (C=O) groups is 1. The van der Waals surface area contributed by atoms with E-state index in [4.69, 9.17) is 0 Å². The molecule has 1 saturated heterocycles. The molecule has 2 N–H and O–H groups in total. The highest BCUT2D eigenvalue weighted by atomic mass is 19.4. The van der Waals surface area contributed by atoms with Gasteiger partial charge in [-0.25, -0.2) is 0 Å². The number of ether oxygens (including phenoxy) is 1. The maximum atomic E-state index is 12.0. The summed E-state index contributed by atoms with van der Waals surface area (Å²) in [6.45, 7) is 1.43. The summed E-state index contributed by atoms with van der Waals surface area (Å²) in [6, 6.07) is 5.93. The van der Waals surface area contributed by atoms with Crippen LogP contribution in [0.15, 0.2) is 24.3 Å². The Hall–Kier alpha value is -1.76.